The summed E-state index contributed by atoms with van der Waals surface area (Å²) in [5.74, 6) is 1.62. The van der Waals surface area contributed by atoms with Gasteiger partial charge in [0.2, 0.25) is 0 Å². The Bertz CT molecular complexity index is 325. The Balaban J connectivity index is 2.10. The number of hydrogen-bond donors (Lipinski definition) is 1. The molecule has 110 valence electrons. The molecule has 4 atom stereocenters. The van der Waals surface area contributed by atoms with Crippen LogP contribution in [0, 0.1) is 11.8 Å². The van der Waals surface area contributed by atoms with Gasteiger partial charge in [-0.3, -0.25) is 0 Å². The highest BCUT2D eigenvalue weighted by atomic mass is 16.6. The molecule has 0 spiro atoms. The lowest BCUT2D eigenvalue weighted by Crippen LogP contribution is -2.57. The van der Waals surface area contributed by atoms with E-state index in [-0.39, 0.29) is 12.2 Å². The van der Waals surface area contributed by atoms with Crippen molar-refractivity contribution in [3.8, 4) is 0 Å². The average molecular weight is 269 g/mol. The van der Waals surface area contributed by atoms with Crippen molar-refractivity contribution in [2.24, 2.45) is 11.8 Å². The number of ether oxygens (including phenoxy) is 1. The molecule has 2 saturated carbocycles. The van der Waals surface area contributed by atoms with E-state index in [1.807, 2.05) is 0 Å². The van der Waals surface area contributed by atoms with Crippen molar-refractivity contribution in [1.29, 1.82) is 0 Å². The van der Waals surface area contributed by atoms with Gasteiger partial charge in [0.25, 0.3) is 0 Å². The number of quaternary nitrogens is 1. The van der Waals surface area contributed by atoms with Crippen molar-refractivity contribution in [3.63, 3.8) is 0 Å². The topological polar surface area (TPSA) is 38.3 Å². The minimum Gasteiger partial charge on any atom is -0.440 e. The normalized spacial score (nSPS) is 35.4. The fourth-order valence-electron chi connectivity index (χ4n) is 3.96. The standard InChI is InChI=1S/C15H28N2O2/c1-16-15(18)19-14-10-12-8-6-5-7-11(12)9-13(14)17(2,3)4/h11-14H,5-10H2,1-4H3/p+1. The van der Waals surface area contributed by atoms with E-state index in [4.69, 9.17) is 4.74 Å². The average Bonchev–Trinajstić information content (AvgIpc) is 2.36. The number of carbonyl (C=O) groups excluding carboxylic acids is 1. The maximum Gasteiger partial charge on any atom is 0.407 e. The van der Waals surface area contributed by atoms with Crippen LogP contribution in [0.2, 0.25) is 0 Å². The van der Waals surface area contributed by atoms with Crippen LogP contribution >= 0.6 is 0 Å². The number of amides is 1. The van der Waals surface area contributed by atoms with E-state index in [1.54, 1.807) is 7.05 Å². The molecule has 4 heteroatoms. The third kappa shape index (κ3) is 3.41. The minimum absolute atomic E-state index is 0.0688. The molecule has 2 rings (SSSR count). The molecule has 0 aromatic carbocycles. The highest BCUT2D eigenvalue weighted by molar-refractivity contribution is 5.66. The van der Waals surface area contributed by atoms with Gasteiger partial charge in [0.15, 0.2) is 6.10 Å². The Hall–Kier alpha value is -0.770. The van der Waals surface area contributed by atoms with Crippen molar-refractivity contribution < 1.29 is 14.0 Å². The van der Waals surface area contributed by atoms with Gasteiger partial charge < -0.3 is 14.5 Å². The fraction of sp³-hybridized carbons (Fsp3) is 0.933. The largest absolute Gasteiger partial charge is 0.440 e. The van der Waals surface area contributed by atoms with E-state index in [0.29, 0.717) is 6.04 Å². The maximum atomic E-state index is 11.6. The fourth-order valence-corrected chi connectivity index (χ4v) is 3.96. The highest BCUT2D eigenvalue weighted by Gasteiger charge is 2.45. The predicted molar refractivity (Wildman–Crippen MR) is 75.8 cm³/mol. The molecule has 4 unspecified atom stereocenters. The highest BCUT2D eigenvalue weighted by Crippen LogP contribution is 2.43. The molecule has 1 amide bonds. The van der Waals surface area contributed by atoms with Gasteiger partial charge >= 0.3 is 6.09 Å². The van der Waals surface area contributed by atoms with E-state index in [2.05, 4.69) is 26.5 Å². The molecule has 0 saturated heterocycles. The smallest absolute Gasteiger partial charge is 0.407 e. The summed E-state index contributed by atoms with van der Waals surface area (Å²) in [6.45, 7) is 0. The van der Waals surface area contributed by atoms with E-state index < -0.39 is 0 Å². The van der Waals surface area contributed by atoms with Crippen LogP contribution < -0.4 is 5.32 Å². The molecule has 1 N–H and O–H groups in total. The molecule has 2 aliphatic rings. The van der Waals surface area contributed by atoms with Gasteiger partial charge in [-0.15, -0.1) is 0 Å². The summed E-state index contributed by atoms with van der Waals surface area (Å²) in [6, 6.07) is 0.427. The summed E-state index contributed by atoms with van der Waals surface area (Å²) in [5.41, 5.74) is 0. The zero-order valence-corrected chi connectivity index (χ0v) is 12.8. The van der Waals surface area contributed by atoms with Crippen molar-refractivity contribution in [2.75, 3.05) is 28.2 Å². The van der Waals surface area contributed by atoms with Crippen molar-refractivity contribution in [2.45, 2.75) is 50.7 Å². The summed E-state index contributed by atoms with van der Waals surface area (Å²) < 4.78 is 6.54. The Morgan fingerprint density at radius 3 is 2.21 bits per heavy atom. The molecule has 2 fully saturated rings. The van der Waals surface area contributed by atoms with Gasteiger partial charge in [0.05, 0.1) is 21.1 Å². The number of alkyl carbamates (subject to hydrolysis) is 1. The van der Waals surface area contributed by atoms with Crippen LogP contribution in [0.4, 0.5) is 4.79 Å². The number of nitrogens with one attached hydrogen (secondary N) is 1. The monoisotopic (exact) mass is 269 g/mol. The molecule has 0 aromatic heterocycles. The van der Waals surface area contributed by atoms with Gasteiger partial charge in [-0.05, 0) is 24.7 Å². The van der Waals surface area contributed by atoms with Gasteiger partial charge in [-0.2, -0.15) is 0 Å². The molecule has 0 bridgehead atoms. The predicted octanol–water partition coefficient (Wildman–Crippen LogP) is 2.39. The van der Waals surface area contributed by atoms with Crippen LogP contribution in [0.5, 0.6) is 0 Å². The van der Waals surface area contributed by atoms with Gasteiger partial charge in [0, 0.05) is 13.5 Å². The van der Waals surface area contributed by atoms with Crippen molar-refractivity contribution in [1.82, 2.24) is 5.32 Å². The summed E-state index contributed by atoms with van der Waals surface area (Å²) in [5, 5.41) is 2.59. The Labute approximate surface area is 117 Å². The zero-order valence-electron chi connectivity index (χ0n) is 12.8. The zero-order chi connectivity index (χ0) is 14.0. The first-order chi connectivity index (χ1) is 8.91. The van der Waals surface area contributed by atoms with E-state index in [0.717, 1.165) is 22.7 Å². The SMILES string of the molecule is CNC(=O)OC1CC2CCCCC2CC1[N+](C)(C)C. The number of nitrogens with zero attached hydrogens (tertiary/aromatic N) is 1. The Morgan fingerprint density at radius 1 is 1.11 bits per heavy atom. The molecule has 19 heavy (non-hydrogen) atoms. The van der Waals surface area contributed by atoms with Gasteiger partial charge in [-0.1, -0.05) is 19.3 Å². The first-order valence-corrected chi connectivity index (χ1v) is 7.61. The Kier molecular flexibility index (Phi) is 4.39. The van der Waals surface area contributed by atoms with Gasteiger partial charge in [0.1, 0.15) is 6.04 Å². The van der Waals surface area contributed by atoms with Crippen molar-refractivity contribution >= 4 is 6.09 Å². The summed E-state index contributed by atoms with van der Waals surface area (Å²) >= 11 is 0. The third-order valence-electron chi connectivity index (χ3n) is 5.03. The molecule has 4 nitrogen and oxygen atoms in total. The summed E-state index contributed by atoms with van der Waals surface area (Å²) in [6.07, 6.45) is 7.47. The third-order valence-corrected chi connectivity index (χ3v) is 5.03. The second-order valence-electron chi connectivity index (χ2n) is 7.15. The number of rotatable bonds is 2. The summed E-state index contributed by atoms with van der Waals surface area (Å²) in [7, 11) is 8.28. The Morgan fingerprint density at radius 2 is 1.68 bits per heavy atom. The van der Waals surface area contributed by atoms with Crippen LogP contribution in [0.15, 0.2) is 0 Å². The lowest BCUT2D eigenvalue weighted by molar-refractivity contribution is -0.901. The first kappa shape index (κ1) is 14.6. The molecule has 0 aliphatic heterocycles. The van der Waals surface area contributed by atoms with Gasteiger partial charge in [-0.25, -0.2) is 4.79 Å². The van der Waals surface area contributed by atoms with Crippen LogP contribution in [0.3, 0.4) is 0 Å². The number of likely N-dealkylation sites (N-methyl/N-ethyl adjacent to an activating group) is 1. The number of hydrogen-bond acceptors (Lipinski definition) is 2. The molecule has 0 heterocycles. The van der Waals surface area contributed by atoms with Crippen LogP contribution in [-0.2, 0) is 4.74 Å². The maximum absolute atomic E-state index is 11.6. The second kappa shape index (κ2) is 5.70. The van der Waals surface area contributed by atoms with Crippen LogP contribution in [0.25, 0.3) is 0 Å². The molecule has 2 aliphatic carbocycles. The molecular formula is C15H29N2O2+. The van der Waals surface area contributed by atoms with E-state index in [1.165, 1.54) is 32.1 Å². The molecular weight excluding hydrogens is 240 g/mol. The number of carbonyl (C=O) groups is 1. The molecule has 0 aromatic rings. The van der Waals surface area contributed by atoms with Crippen molar-refractivity contribution in [3.05, 3.63) is 0 Å². The quantitative estimate of drug-likeness (QED) is 0.782. The molecule has 0 radical (unpaired) electrons. The lowest BCUT2D eigenvalue weighted by atomic mass is 9.68. The lowest BCUT2D eigenvalue weighted by Gasteiger charge is -2.47. The van der Waals surface area contributed by atoms with E-state index >= 15 is 0 Å². The minimum atomic E-state index is -0.280. The van der Waals surface area contributed by atoms with Crippen LogP contribution in [0.1, 0.15) is 38.5 Å². The number of fused-ring (bicyclic) bond motifs is 1. The second-order valence-corrected chi connectivity index (χ2v) is 7.15. The summed E-state index contributed by atoms with van der Waals surface area (Å²) in [4.78, 5) is 11.6. The van der Waals surface area contributed by atoms with Crippen LogP contribution in [-0.4, -0.2) is 50.9 Å². The first-order valence-electron chi connectivity index (χ1n) is 7.61. The van der Waals surface area contributed by atoms with E-state index in [9.17, 15) is 4.79 Å².